The molecule has 0 fully saturated rings. The first-order valence-corrected chi connectivity index (χ1v) is 4.84. The molecule has 0 amide bonds. The van der Waals surface area contributed by atoms with Crippen LogP contribution < -0.4 is 10.6 Å². The Hall–Kier alpha value is -1.51. The third-order valence-electron chi connectivity index (χ3n) is 2.31. The Kier molecular flexibility index (Phi) is 3.51. The van der Waals surface area contributed by atoms with Gasteiger partial charge in [0.05, 0.1) is 11.4 Å². The van der Waals surface area contributed by atoms with Crippen molar-refractivity contribution in [2.45, 2.75) is 13.8 Å². The van der Waals surface area contributed by atoms with Gasteiger partial charge in [-0.15, -0.1) is 0 Å². The van der Waals surface area contributed by atoms with Gasteiger partial charge in [0, 0.05) is 18.8 Å². The molecule has 0 heterocycles. The molecule has 76 valence electrons. The van der Waals surface area contributed by atoms with Gasteiger partial charge in [0.1, 0.15) is 0 Å². The van der Waals surface area contributed by atoms with Crippen LogP contribution in [0.5, 0.6) is 0 Å². The zero-order valence-electron chi connectivity index (χ0n) is 8.83. The Morgan fingerprint density at radius 2 is 2.00 bits per heavy atom. The molecule has 0 radical (unpaired) electrons. The molecule has 0 saturated heterocycles. The number of aliphatic imine (C=N–C) groups is 1. The van der Waals surface area contributed by atoms with Crippen molar-refractivity contribution in [3.63, 3.8) is 0 Å². The van der Waals surface area contributed by atoms with Gasteiger partial charge in [-0.1, -0.05) is 0 Å². The summed E-state index contributed by atoms with van der Waals surface area (Å²) >= 11 is 0. The van der Waals surface area contributed by atoms with Crippen molar-refractivity contribution in [2.24, 2.45) is 4.99 Å². The Morgan fingerprint density at radius 1 is 1.36 bits per heavy atom. The number of anilines is 2. The summed E-state index contributed by atoms with van der Waals surface area (Å²) in [6.07, 6.45) is 0. The maximum atomic E-state index is 5.82. The molecule has 1 aromatic carbocycles. The van der Waals surface area contributed by atoms with Crippen molar-refractivity contribution < 1.29 is 0 Å². The molecule has 0 unspecified atom stereocenters. The van der Waals surface area contributed by atoms with Crippen molar-refractivity contribution in [3.05, 3.63) is 18.2 Å². The number of nitrogen functional groups attached to an aromatic ring is 1. The molecule has 0 bridgehead atoms. The van der Waals surface area contributed by atoms with Gasteiger partial charge < -0.3 is 10.6 Å². The maximum absolute atomic E-state index is 5.82. The van der Waals surface area contributed by atoms with Crippen molar-refractivity contribution in [1.29, 1.82) is 0 Å². The van der Waals surface area contributed by atoms with Crippen LogP contribution in [0.25, 0.3) is 0 Å². The Bertz CT molecular complexity index is 316. The predicted octanol–water partition coefficient (Wildman–Crippen LogP) is 2.45. The molecule has 3 nitrogen and oxygen atoms in total. The van der Waals surface area contributed by atoms with E-state index < -0.39 is 0 Å². The van der Waals surface area contributed by atoms with Gasteiger partial charge in [-0.05, 0) is 38.8 Å². The minimum Gasteiger partial charge on any atom is -0.397 e. The van der Waals surface area contributed by atoms with E-state index in [0.717, 1.165) is 24.5 Å². The first-order chi connectivity index (χ1) is 6.72. The lowest BCUT2D eigenvalue weighted by atomic mass is 10.2. The number of nitrogens with two attached hydrogens (primary N) is 1. The normalized spacial score (nSPS) is 9.86. The molecule has 1 rings (SSSR count). The van der Waals surface area contributed by atoms with Crippen LogP contribution in [-0.2, 0) is 0 Å². The highest BCUT2D eigenvalue weighted by atomic mass is 15.1. The first-order valence-electron chi connectivity index (χ1n) is 4.84. The van der Waals surface area contributed by atoms with Crippen molar-refractivity contribution in [2.75, 3.05) is 23.7 Å². The average Bonchev–Trinajstić information content (AvgIpc) is 2.20. The molecule has 14 heavy (non-hydrogen) atoms. The maximum Gasteiger partial charge on any atom is 0.0853 e. The number of rotatable bonds is 4. The molecule has 3 heteroatoms. The monoisotopic (exact) mass is 191 g/mol. The number of hydrogen-bond acceptors (Lipinski definition) is 3. The Balaban J connectivity index is 3.00. The summed E-state index contributed by atoms with van der Waals surface area (Å²) in [4.78, 5) is 6.07. The highest BCUT2D eigenvalue weighted by Gasteiger charge is 2.03. The molecular formula is C11H17N3. The topological polar surface area (TPSA) is 41.6 Å². The molecule has 2 N–H and O–H groups in total. The Labute approximate surface area is 85.3 Å². The fourth-order valence-electron chi connectivity index (χ4n) is 1.47. The summed E-state index contributed by atoms with van der Waals surface area (Å²) in [6.45, 7) is 9.68. The molecule has 0 aliphatic heterocycles. The highest BCUT2D eigenvalue weighted by Crippen LogP contribution is 2.26. The van der Waals surface area contributed by atoms with Crippen LogP contribution in [0, 0.1) is 0 Å². The predicted molar refractivity (Wildman–Crippen MR) is 63.6 cm³/mol. The standard InChI is InChI=1S/C11H17N3/c1-4-14(5-2)9-6-7-11(13-3)10(12)8-9/h6-8H,3-5,12H2,1-2H3. The molecule has 0 spiro atoms. The molecule has 1 aromatic rings. The van der Waals surface area contributed by atoms with Crippen LogP contribution in [0.1, 0.15) is 13.8 Å². The first kappa shape index (κ1) is 10.6. The van der Waals surface area contributed by atoms with E-state index >= 15 is 0 Å². The summed E-state index contributed by atoms with van der Waals surface area (Å²) in [7, 11) is 0. The Morgan fingerprint density at radius 3 is 2.43 bits per heavy atom. The lowest BCUT2D eigenvalue weighted by Crippen LogP contribution is -2.21. The summed E-state index contributed by atoms with van der Waals surface area (Å²) < 4.78 is 0. The van der Waals surface area contributed by atoms with Crippen LogP contribution >= 0.6 is 0 Å². The SMILES string of the molecule is C=Nc1ccc(N(CC)CC)cc1N. The lowest BCUT2D eigenvalue weighted by molar-refractivity contribution is 0.867. The number of benzene rings is 1. The van der Waals surface area contributed by atoms with Crippen molar-refractivity contribution >= 4 is 23.8 Å². The van der Waals surface area contributed by atoms with Gasteiger partial charge in [0.2, 0.25) is 0 Å². The second-order valence-electron chi connectivity index (χ2n) is 3.07. The third-order valence-corrected chi connectivity index (χ3v) is 2.31. The van der Waals surface area contributed by atoms with Crippen LogP contribution in [0.4, 0.5) is 17.1 Å². The van der Waals surface area contributed by atoms with E-state index in [1.165, 1.54) is 0 Å². The van der Waals surface area contributed by atoms with E-state index in [2.05, 4.69) is 30.5 Å². The zero-order valence-corrected chi connectivity index (χ0v) is 8.83. The quantitative estimate of drug-likeness (QED) is 0.586. The van der Waals surface area contributed by atoms with E-state index in [9.17, 15) is 0 Å². The highest BCUT2D eigenvalue weighted by molar-refractivity contribution is 5.71. The average molecular weight is 191 g/mol. The van der Waals surface area contributed by atoms with Crippen LogP contribution in [0.15, 0.2) is 23.2 Å². The van der Waals surface area contributed by atoms with Crippen molar-refractivity contribution in [1.82, 2.24) is 0 Å². The zero-order chi connectivity index (χ0) is 10.6. The minimum atomic E-state index is 0.685. The number of nitrogens with zero attached hydrogens (tertiary/aromatic N) is 2. The van der Waals surface area contributed by atoms with Gasteiger partial charge in [-0.3, -0.25) is 4.99 Å². The number of hydrogen-bond donors (Lipinski definition) is 1. The molecule has 0 saturated carbocycles. The fourth-order valence-corrected chi connectivity index (χ4v) is 1.47. The fraction of sp³-hybridized carbons (Fsp3) is 0.364. The summed E-state index contributed by atoms with van der Waals surface area (Å²) in [5.41, 5.74) is 8.39. The lowest BCUT2D eigenvalue weighted by Gasteiger charge is -2.21. The van der Waals surface area contributed by atoms with Crippen LogP contribution in [-0.4, -0.2) is 19.8 Å². The molecule has 0 aromatic heterocycles. The van der Waals surface area contributed by atoms with E-state index in [1.54, 1.807) is 0 Å². The minimum absolute atomic E-state index is 0.685. The second kappa shape index (κ2) is 4.65. The van der Waals surface area contributed by atoms with E-state index in [-0.39, 0.29) is 0 Å². The van der Waals surface area contributed by atoms with E-state index in [1.807, 2.05) is 18.2 Å². The largest absolute Gasteiger partial charge is 0.397 e. The van der Waals surface area contributed by atoms with Gasteiger partial charge in [-0.2, -0.15) is 0 Å². The van der Waals surface area contributed by atoms with Crippen LogP contribution in [0.3, 0.4) is 0 Å². The molecule has 0 atom stereocenters. The van der Waals surface area contributed by atoms with Gasteiger partial charge in [0.15, 0.2) is 0 Å². The van der Waals surface area contributed by atoms with Crippen molar-refractivity contribution in [3.8, 4) is 0 Å². The summed E-state index contributed by atoms with van der Waals surface area (Å²) in [5.74, 6) is 0. The molecular weight excluding hydrogens is 174 g/mol. The van der Waals surface area contributed by atoms with E-state index in [0.29, 0.717) is 5.69 Å². The third kappa shape index (κ3) is 2.05. The van der Waals surface area contributed by atoms with Gasteiger partial charge in [0.25, 0.3) is 0 Å². The van der Waals surface area contributed by atoms with Gasteiger partial charge >= 0.3 is 0 Å². The molecule has 0 aliphatic carbocycles. The second-order valence-corrected chi connectivity index (χ2v) is 3.07. The van der Waals surface area contributed by atoms with E-state index in [4.69, 9.17) is 5.73 Å². The molecule has 0 aliphatic rings. The summed E-state index contributed by atoms with van der Waals surface area (Å²) in [5, 5.41) is 0. The smallest absolute Gasteiger partial charge is 0.0853 e. The van der Waals surface area contributed by atoms with Gasteiger partial charge in [-0.25, -0.2) is 0 Å². The van der Waals surface area contributed by atoms with Crippen LogP contribution in [0.2, 0.25) is 0 Å². The summed E-state index contributed by atoms with van der Waals surface area (Å²) in [6, 6.07) is 5.86.